The van der Waals surface area contributed by atoms with Gasteiger partial charge in [0.2, 0.25) is 0 Å². The van der Waals surface area contributed by atoms with E-state index in [1.165, 1.54) is 14.2 Å². The van der Waals surface area contributed by atoms with Gasteiger partial charge in [-0.05, 0) is 38.0 Å². The van der Waals surface area contributed by atoms with E-state index < -0.39 is 25.0 Å². The Morgan fingerprint density at radius 3 is 2.33 bits per heavy atom. The Morgan fingerprint density at radius 2 is 1.86 bits per heavy atom. The monoisotopic (exact) mass is 323 g/mol. The summed E-state index contributed by atoms with van der Waals surface area (Å²) in [4.78, 5) is 20.4. The minimum absolute atomic E-state index is 0.164. The molecule has 0 amide bonds. The zero-order valence-electron chi connectivity index (χ0n) is 12.2. The van der Waals surface area contributed by atoms with Gasteiger partial charge >= 0.3 is 13.6 Å². The molecule has 3 aliphatic rings. The van der Waals surface area contributed by atoms with Crippen molar-refractivity contribution in [2.75, 3.05) is 20.5 Å². The average molecular weight is 323 g/mol. The van der Waals surface area contributed by atoms with Gasteiger partial charge in [-0.25, -0.2) is 9.78 Å². The van der Waals surface area contributed by atoms with Crippen molar-refractivity contribution in [1.29, 1.82) is 0 Å². The van der Waals surface area contributed by atoms with Crippen molar-refractivity contribution in [3.63, 3.8) is 0 Å². The highest BCUT2D eigenvalue weighted by atomic mass is 31.2. The largest absolute Gasteiger partial charge is 0.481 e. The van der Waals surface area contributed by atoms with Gasteiger partial charge in [-0.3, -0.25) is 14.7 Å². The minimum Gasteiger partial charge on any atom is -0.481 e. The molecular formula is C12H22NO7P. The van der Waals surface area contributed by atoms with Crippen LogP contribution in [0.2, 0.25) is 0 Å². The molecule has 1 atom stereocenters. The summed E-state index contributed by atoms with van der Waals surface area (Å²) in [6, 6.07) is 0. The molecule has 3 saturated carbocycles. The van der Waals surface area contributed by atoms with Gasteiger partial charge in [-0.15, -0.1) is 9.35 Å². The first kappa shape index (κ1) is 16.9. The zero-order valence-corrected chi connectivity index (χ0v) is 13.1. The molecule has 0 spiro atoms. The van der Waals surface area contributed by atoms with Crippen molar-refractivity contribution in [2.45, 2.75) is 37.6 Å². The van der Waals surface area contributed by atoms with E-state index in [1.807, 2.05) is 0 Å². The lowest BCUT2D eigenvalue weighted by Crippen LogP contribution is -2.60. The average Bonchev–Trinajstić information content (AvgIpc) is 2.47. The molecule has 0 heterocycles. The molecular weight excluding hydrogens is 301 g/mol. The van der Waals surface area contributed by atoms with Crippen molar-refractivity contribution in [3.05, 3.63) is 0 Å². The normalized spacial score (nSPS) is 32.3. The Balaban J connectivity index is 2.08. The van der Waals surface area contributed by atoms with Crippen molar-refractivity contribution < 1.29 is 33.6 Å². The Hall–Kier alpha value is -0.500. The molecule has 122 valence electrons. The number of aliphatic carboxylic acids is 1. The van der Waals surface area contributed by atoms with Gasteiger partial charge in [0, 0.05) is 5.54 Å². The van der Waals surface area contributed by atoms with Crippen LogP contribution in [0.4, 0.5) is 0 Å². The summed E-state index contributed by atoms with van der Waals surface area (Å²) >= 11 is 0. The van der Waals surface area contributed by atoms with Gasteiger partial charge in [0.1, 0.15) is 6.29 Å². The number of hydrogen-bond donors (Lipinski definition) is 2. The summed E-state index contributed by atoms with van der Waals surface area (Å²) in [5.74, 6) is -0.822. The van der Waals surface area contributed by atoms with Crippen LogP contribution >= 0.6 is 7.60 Å². The van der Waals surface area contributed by atoms with E-state index >= 15 is 0 Å². The zero-order chi connectivity index (χ0) is 15.5. The summed E-state index contributed by atoms with van der Waals surface area (Å²) in [5.41, 5.74) is -0.565. The lowest BCUT2D eigenvalue weighted by Gasteiger charge is -2.51. The highest BCUT2D eigenvalue weighted by Gasteiger charge is 2.51. The third kappa shape index (κ3) is 3.64. The Kier molecular flexibility index (Phi) is 5.40. The second-order valence-electron chi connectivity index (χ2n) is 5.65. The van der Waals surface area contributed by atoms with Gasteiger partial charge in [0.05, 0.1) is 20.1 Å². The first-order valence-electron chi connectivity index (χ1n) is 6.96. The van der Waals surface area contributed by atoms with Gasteiger partial charge in [0.15, 0.2) is 0 Å². The van der Waals surface area contributed by atoms with E-state index in [2.05, 4.69) is 24.4 Å². The third-order valence-electron chi connectivity index (χ3n) is 4.53. The molecule has 8 nitrogen and oxygen atoms in total. The summed E-state index contributed by atoms with van der Waals surface area (Å²) in [6.07, 6.45) is 3.95. The number of fused-ring (bicyclic) bond motifs is 3. The molecule has 1 unspecified atom stereocenters. The molecule has 0 saturated heterocycles. The molecule has 0 aromatic carbocycles. The summed E-state index contributed by atoms with van der Waals surface area (Å²) in [5, 5.41) is 12.6. The van der Waals surface area contributed by atoms with Crippen molar-refractivity contribution >= 4 is 13.6 Å². The second-order valence-corrected chi connectivity index (χ2v) is 7.49. The SMILES string of the molecule is COOP(=O)(CNC12CCC(CC1)CC2C(=O)O)OOC. The molecule has 0 radical (unpaired) electrons. The third-order valence-corrected chi connectivity index (χ3v) is 5.83. The van der Waals surface area contributed by atoms with Crippen LogP contribution in [0.25, 0.3) is 0 Å². The lowest BCUT2D eigenvalue weighted by molar-refractivity contribution is -0.242. The molecule has 0 aliphatic heterocycles. The summed E-state index contributed by atoms with van der Waals surface area (Å²) in [6.45, 7) is 0. The smallest absolute Gasteiger partial charge is 0.397 e. The lowest BCUT2D eigenvalue weighted by atomic mass is 9.60. The Labute approximate surface area is 123 Å². The maximum absolute atomic E-state index is 12.3. The molecule has 3 rings (SSSR count). The highest BCUT2D eigenvalue weighted by Crippen LogP contribution is 2.52. The highest BCUT2D eigenvalue weighted by molar-refractivity contribution is 7.53. The Morgan fingerprint density at radius 1 is 1.29 bits per heavy atom. The molecule has 2 bridgehead atoms. The van der Waals surface area contributed by atoms with Gasteiger partial charge in [-0.2, -0.15) is 0 Å². The number of carbonyl (C=O) groups is 1. The second kappa shape index (κ2) is 6.73. The fraction of sp³-hybridized carbons (Fsp3) is 0.917. The molecule has 0 aromatic rings. The minimum atomic E-state index is -3.63. The quantitative estimate of drug-likeness (QED) is 0.397. The van der Waals surface area contributed by atoms with E-state index in [9.17, 15) is 14.5 Å². The fourth-order valence-corrected chi connectivity index (χ4v) is 4.61. The van der Waals surface area contributed by atoms with E-state index in [1.54, 1.807) is 0 Å². The fourth-order valence-electron chi connectivity index (χ4n) is 3.52. The molecule has 3 aliphatic carbocycles. The van der Waals surface area contributed by atoms with E-state index in [-0.39, 0.29) is 6.29 Å². The number of carboxylic acid groups (broad SMARTS) is 1. The van der Waals surface area contributed by atoms with Crippen LogP contribution in [-0.2, 0) is 28.5 Å². The maximum Gasteiger partial charge on any atom is 0.397 e. The van der Waals surface area contributed by atoms with Crippen molar-refractivity contribution in [1.82, 2.24) is 5.32 Å². The summed E-state index contributed by atoms with van der Waals surface area (Å²) in [7, 11) is -1.19. The predicted octanol–water partition coefficient (Wildman–Crippen LogP) is 1.92. The van der Waals surface area contributed by atoms with Crippen LogP contribution in [0.5, 0.6) is 0 Å². The predicted molar refractivity (Wildman–Crippen MR) is 72.2 cm³/mol. The van der Waals surface area contributed by atoms with Crippen LogP contribution in [0, 0.1) is 11.8 Å². The van der Waals surface area contributed by atoms with E-state index in [0.29, 0.717) is 12.3 Å². The molecule has 21 heavy (non-hydrogen) atoms. The standard InChI is InChI=1S/C12H22NO7P/c1-17-19-21(16,20-18-2)8-13-12-5-3-9(4-6-12)7-10(12)11(14)15/h9-10,13H,3-8H2,1-2H3,(H,14,15). The van der Waals surface area contributed by atoms with Gasteiger partial charge < -0.3 is 5.11 Å². The molecule has 9 heteroatoms. The molecule has 3 fully saturated rings. The number of nitrogens with one attached hydrogen (secondary N) is 1. The van der Waals surface area contributed by atoms with E-state index in [0.717, 1.165) is 25.7 Å². The number of hydrogen-bond acceptors (Lipinski definition) is 7. The van der Waals surface area contributed by atoms with Crippen molar-refractivity contribution in [2.24, 2.45) is 11.8 Å². The number of rotatable bonds is 8. The van der Waals surface area contributed by atoms with Gasteiger partial charge in [-0.1, -0.05) is 0 Å². The van der Waals surface area contributed by atoms with E-state index in [4.69, 9.17) is 0 Å². The van der Waals surface area contributed by atoms with Crippen LogP contribution in [0.15, 0.2) is 0 Å². The topological polar surface area (TPSA) is 103 Å². The maximum atomic E-state index is 12.3. The van der Waals surface area contributed by atoms with Crippen molar-refractivity contribution in [3.8, 4) is 0 Å². The van der Waals surface area contributed by atoms with Crippen LogP contribution in [0.1, 0.15) is 32.1 Å². The Bertz CT molecular complexity index is 412. The molecule has 0 aromatic heterocycles. The van der Waals surface area contributed by atoms with Crippen LogP contribution in [0.3, 0.4) is 0 Å². The van der Waals surface area contributed by atoms with Crippen LogP contribution in [-0.4, -0.2) is 37.1 Å². The number of carboxylic acids is 1. The first-order valence-corrected chi connectivity index (χ1v) is 8.69. The molecule has 2 N–H and O–H groups in total. The van der Waals surface area contributed by atoms with Gasteiger partial charge in [0.25, 0.3) is 0 Å². The first-order chi connectivity index (χ1) is 9.95. The van der Waals surface area contributed by atoms with Crippen LogP contribution < -0.4 is 5.32 Å². The summed E-state index contributed by atoms with van der Waals surface area (Å²) < 4.78 is 21.6.